The molecule has 0 aromatic carbocycles. The molecule has 0 aliphatic carbocycles. The van der Waals surface area contributed by atoms with E-state index in [0.29, 0.717) is 11.8 Å². The summed E-state index contributed by atoms with van der Waals surface area (Å²) in [6.07, 6.45) is 5.47. The van der Waals surface area contributed by atoms with Crippen molar-refractivity contribution in [3.63, 3.8) is 0 Å². The zero-order valence-corrected chi connectivity index (χ0v) is 10.8. The van der Waals surface area contributed by atoms with Gasteiger partial charge >= 0.3 is 5.97 Å². The molecular weight excluding hydrogens is 202 g/mol. The molecule has 1 atom stereocenters. The molecule has 1 aliphatic heterocycles. The van der Waals surface area contributed by atoms with E-state index in [-0.39, 0.29) is 6.04 Å². The third kappa shape index (κ3) is 2.76. The van der Waals surface area contributed by atoms with Gasteiger partial charge in [0.25, 0.3) is 0 Å². The number of aliphatic carboxylic acids is 1. The Bertz CT molecular complexity index is 226. The number of carboxylic acids is 1. The van der Waals surface area contributed by atoms with Crippen molar-refractivity contribution >= 4 is 5.97 Å². The highest BCUT2D eigenvalue weighted by Gasteiger charge is 2.34. The lowest BCUT2D eigenvalue weighted by molar-refractivity contribution is -0.144. The fourth-order valence-corrected chi connectivity index (χ4v) is 2.86. The maximum Gasteiger partial charge on any atom is 0.320 e. The number of carbonyl (C=O) groups is 1. The normalized spacial score (nSPS) is 22.9. The first-order valence-electron chi connectivity index (χ1n) is 6.55. The molecule has 94 valence electrons. The number of hydrogen-bond acceptors (Lipinski definition) is 2. The number of nitrogens with zero attached hydrogens (tertiary/aromatic N) is 1. The molecule has 1 heterocycles. The van der Waals surface area contributed by atoms with Crippen LogP contribution in [0.15, 0.2) is 0 Å². The first-order valence-corrected chi connectivity index (χ1v) is 6.55. The SMILES string of the molecule is CCC(C(=O)O)N1CCC(CC)(CC)CC1. The Morgan fingerprint density at radius 2 is 1.75 bits per heavy atom. The van der Waals surface area contributed by atoms with Crippen LogP contribution >= 0.6 is 0 Å². The Balaban J connectivity index is 2.56. The van der Waals surface area contributed by atoms with Crippen LogP contribution in [0, 0.1) is 5.41 Å². The van der Waals surface area contributed by atoms with Crippen molar-refractivity contribution in [3.05, 3.63) is 0 Å². The maximum atomic E-state index is 11.1. The third-order valence-corrected chi connectivity index (χ3v) is 4.47. The molecule has 1 fully saturated rings. The molecule has 1 saturated heterocycles. The highest BCUT2D eigenvalue weighted by molar-refractivity contribution is 5.73. The van der Waals surface area contributed by atoms with Crippen LogP contribution in [0.2, 0.25) is 0 Å². The van der Waals surface area contributed by atoms with Gasteiger partial charge in [-0.1, -0.05) is 33.6 Å². The molecule has 0 radical (unpaired) electrons. The van der Waals surface area contributed by atoms with E-state index in [4.69, 9.17) is 5.11 Å². The first-order chi connectivity index (χ1) is 7.58. The van der Waals surface area contributed by atoms with Gasteiger partial charge in [-0.2, -0.15) is 0 Å². The molecule has 0 amide bonds. The maximum absolute atomic E-state index is 11.1. The van der Waals surface area contributed by atoms with Crippen LogP contribution in [0.3, 0.4) is 0 Å². The Kier molecular flexibility index (Phi) is 4.78. The lowest BCUT2D eigenvalue weighted by Crippen LogP contribution is -2.47. The van der Waals surface area contributed by atoms with Gasteiger partial charge in [0.1, 0.15) is 6.04 Å². The molecule has 1 unspecified atom stereocenters. The van der Waals surface area contributed by atoms with Crippen LogP contribution in [0.1, 0.15) is 52.9 Å². The van der Waals surface area contributed by atoms with Gasteiger partial charge in [-0.05, 0) is 37.8 Å². The zero-order valence-electron chi connectivity index (χ0n) is 10.8. The van der Waals surface area contributed by atoms with E-state index >= 15 is 0 Å². The molecule has 0 aromatic heterocycles. The van der Waals surface area contributed by atoms with E-state index < -0.39 is 5.97 Å². The number of hydrogen-bond donors (Lipinski definition) is 1. The second kappa shape index (κ2) is 5.67. The van der Waals surface area contributed by atoms with E-state index in [0.717, 1.165) is 25.9 Å². The Labute approximate surface area is 98.8 Å². The standard InChI is InChI=1S/C13H25NO2/c1-4-11(12(15)16)14-9-7-13(5-2,6-3)8-10-14/h11H,4-10H2,1-3H3,(H,15,16). The van der Waals surface area contributed by atoms with E-state index in [2.05, 4.69) is 18.7 Å². The number of likely N-dealkylation sites (tertiary alicyclic amines) is 1. The summed E-state index contributed by atoms with van der Waals surface area (Å²) < 4.78 is 0. The van der Waals surface area contributed by atoms with Gasteiger partial charge in [-0.25, -0.2) is 0 Å². The van der Waals surface area contributed by atoms with E-state index in [1.54, 1.807) is 0 Å². The summed E-state index contributed by atoms with van der Waals surface area (Å²) in [5, 5.41) is 9.13. The van der Waals surface area contributed by atoms with Gasteiger partial charge in [-0.15, -0.1) is 0 Å². The molecule has 0 aromatic rings. The number of rotatable bonds is 5. The molecule has 1 aliphatic rings. The first kappa shape index (κ1) is 13.5. The topological polar surface area (TPSA) is 40.5 Å². The fourth-order valence-electron chi connectivity index (χ4n) is 2.86. The minimum Gasteiger partial charge on any atom is -0.480 e. The molecular formula is C13H25NO2. The van der Waals surface area contributed by atoms with Gasteiger partial charge in [0.2, 0.25) is 0 Å². The average molecular weight is 227 g/mol. The van der Waals surface area contributed by atoms with Crippen LogP contribution in [-0.4, -0.2) is 35.1 Å². The van der Waals surface area contributed by atoms with Crippen LogP contribution in [0.4, 0.5) is 0 Å². The van der Waals surface area contributed by atoms with Gasteiger partial charge in [0.15, 0.2) is 0 Å². The fraction of sp³-hybridized carbons (Fsp3) is 0.923. The van der Waals surface area contributed by atoms with Crippen LogP contribution in [0.25, 0.3) is 0 Å². The molecule has 3 heteroatoms. The highest BCUT2D eigenvalue weighted by atomic mass is 16.4. The lowest BCUT2D eigenvalue weighted by atomic mass is 9.74. The predicted octanol–water partition coefficient (Wildman–Crippen LogP) is 2.75. The van der Waals surface area contributed by atoms with Crippen molar-refractivity contribution in [3.8, 4) is 0 Å². The smallest absolute Gasteiger partial charge is 0.320 e. The van der Waals surface area contributed by atoms with Gasteiger partial charge in [0, 0.05) is 0 Å². The van der Waals surface area contributed by atoms with Crippen LogP contribution < -0.4 is 0 Å². The highest BCUT2D eigenvalue weighted by Crippen LogP contribution is 2.38. The lowest BCUT2D eigenvalue weighted by Gasteiger charge is -2.42. The molecule has 0 spiro atoms. The second-order valence-corrected chi connectivity index (χ2v) is 5.01. The van der Waals surface area contributed by atoms with Crippen molar-refractivity contribution < 1.29 is 9.90 Å². The van der Waals surface area contributed by atoms with Crippen molar-refractivity contribution in [2.75, 3.05) is 13.1 Å². The minimum absolute atomic E-state index is 0.272. The Morgan fingerprint density at radius 3 is 2.06 bits per heavy atom. The van der Waals surface area contributed by atoms with E-state index in [1.165, 1.54) is 12.8 Å². The van der Waals surface area contributed by atoms with E-state index in [9.17, 15) is 4.79 Å². The van der Waals surface area contributed by atoms with Crippen molar-refractivity contribution in [2.24, 2.45) is 5.41 Å². The summed E-state index contributed by atoms with van der Waals surface area (Å²) >= 11 is 0. The van der Waals surface area contributed by atoms with Crippen molar-refractivity contribution in [1.29, 1.82) is 0 Å². The number of carboxylic acid groups (broad SMARTS) is 1. The summed E-state index contributed by atoms with van der Waals surface area (Å²) in [5.41, 5.74) is 0.479. The minimum atomic E-state index is -0.664. The molecule has 16 heavy (non-hydrogen) atoms. The summed E-state index contributed by atoms with van der Waals surface area (Å²) in [4.78, 5) is 13.2. The molecule has 1 N–H and O–H groups in total. The zero-order chi connectivity index (χ0) is 12.2. The molecule has 0 saturated carbocycles. The summed E-state index contributed by atoms with van der Waals surface area (Å²) in [6.45, 7) is 8.38. The van der Waals surface area contributed by atoms with Crippen molar-refractivity contribution in [1.82, 2.24) is 4.90 Å². The van der Waals surface area contributed by atoms with Crippen LogP contribution in [0.5, 0.6) is 0 Å². The Morgan fingerprint density at radius 1 is 1.25 bits per heavy atom. The average Bonchev–Trinajstić information content (AvgIpc) is 2.31. The summed E-state index contributed by atoms with van der Waals surface area (Å²) in [6, 6.07) is -0.272. The summed E-state index contributed by atoms with van der Waals surface area (Å²) in [5.74, 6) is -0.664. The molecule has 0 bridgehead atoms. The monoisotopic (exact) mass is 227 g/mol. The molecule has 3 nitrogen and oxygen atoms in total. The van der Waals surface area contributed by atoms with Gasteiger partial charge in [0.05, 0.1) is 0 Å². The van der Waals surface area contributed by atoms with Gasteiger partial charge in [-0.3, -0.25) is 9.69 Å². The third-order valence-electron chi connectivity index (χ3n) is 4.47. The number of piperidine rings is 1. The predicted molar refractivity (Wildman–Crippen MR) is 65.5 cm³/mol. The van der Waals surface area contributed by atoms with Crippen LogP contribution in [-0.2, 0) is 4.79 Å². The summed E-state index contributed by atoms with van der Waals surface area (Å²) in [7, 11) is 0. The van der Waals surface area contributed by atoms with Crippen molar-refractivity contribution in [2.45, 2.75) is 58.9 Å². The van der Waals surface area contributed by atoms with E-state index in [1.807, 2.05) is 6.92 Å². The quantitative estimate of drug-likeness (QED) is 0.785. The largest absolute Gasteiger partial charge is 0.480 e. The second-order valence-electron chi connectivity index (χ2n) is 5.01. The van der Waals surface area contributed by atoms with Gasteiger partial charge < -0.3 is 5.11 Å². The molecule has 1 rings (SSSR count). The Hall–Kier alpha value is -0.570.